The van der Waals surface area contributed by atoms with Gasteiger partial charge in [-0.15, -0.1) is 0 Å². The van der Waals surface area contributed by atoms with Gasteiger partial charge in [0.1, 0.15) is 6.10 Å². The molecule has 51 heavy (non-hydrogen) atoms. The number of hydrogen-bond donors (Lipinski definition) is 1. The molecule has 6 rings (SSSR count). The van der Waals surface area contributed by atoms with Gasteiger partial charge < -0.3 is 14.6 Å². The zero-order chi connectivity index (χ0) is 37.2. The third-order valence-corrected chi connectivity index (χ3v) is 9.01. The molecular weight excluding hydrogens is 699 g/mol. The number of methoxy groups -OCH3 is 1. The van der Waals surface area contributed by atoms with Crippen molar-refractivity contribution in [2.75, 3.05) is 7.11 Å². The highest BCUT2D eigenvalue weighted by atomic mass is 19.4. The molecule has 3 aromatic carbocycles. The minimum absolute atomic E-state index is 0.0130. The first-order chi connectivity index (χ1) is 23.8. The number of halogens is 9. The molecule has 1 amide bonds. The van der Waals surface area contributed by atoms with Crippen LogP contribution in [0.15, 0.2) is 66.9 Å². The maximum atomic E-state index is 14.1. The number of benzene rings is 3. The van der Waals surface area contributed by atoms with Crippen molar-refractivity contribution in [2.45, 2.75) is 56.5 Å². The molecule has 2 saturated heterocycles. The van der Waals surface area contributed by atoms with E-state index < -0.39 is 71.0 Å². The zero-order valence-corrected chi connectivity index (χ0v) is 26.4. The van der Waals surface area contributed by atoms with E-state index in [9.17, 15) is 54.2 Å². The molecule has 1 N–H and O–H groups in total. The fourth-order valence-electron chi connectivity index (χ4n) is 6.72. The number of aromatic nitrogens is 1. The van der Waals surface area contributed by atoms with Gasteiger partial charge in [0.05, 0.1) is 41.4 Å². The van der Waals surface area contributed by atoms with Gasteiger partial charge >= 0.3 is 30.6 Å². The Kier molecular flexibility index (Phi) is 8.71. The normalized spacial score (nSPS) is 19.2. The Balaban J connectivity index is 1.46. The molecule has 7 nitrogen and oxygen atoms in total. The first-order valence-electron chi connectivity index (χ1n) is 15.2. The number of aromatic carboxylic acids is 1. The van der Waals surface area contributed by atoms with Crippen molar-refractivity contribution in [1.29, 1.82) is 0 Å². The second-order valence-electron chi connectivity index (χ2n) is 12.1. The lowest BCUT2D eigenvalue weighted by Gasteiger charge is -2.26. The second-order valence-corrected chi connectivity index (χ2v) is 12.1. The van der Waals surface area contributed by atoms with Crippen LogP contribution in [0.4, 0.5) is 44.3 Å². The summed E-state index contributed by atoms with van der Waals surface area (Å²) >= 11 is 0. The fraction of sp³-hybridized carbons (Fsp3) is 0.286. The van der Waals surface area contributed by atoms with Gasteiger partial charge in [-0.2, -0.15) is 39.5 Å². The van der Waals surface area contributed by atoms with E-state index >= 15 is 0 Å². The number of ether oxygens (including phenoxy) is 2. The molecule has 0 radical (unpaired) electrons. The summed E-state index contributed by atoms with van der Waals surface area (Å²) in [6.45, 7) is 1.66. The summed E-state index contributed by atoms with van der Waals surface area (Å²) in [4.78, 5) is 30.2. The molecule has 3 unspecified atom stereocenters. The van der Waals surface area contributed by atoms with E-state index in [1.807, 2.05) is 0 Å². The van der Waals surface area contributed by atoms with Gasteiger partial charge in [-0.1, -0.05) is 12.1 Å². The summed E-state index contributed by atoms with van der Waals surface area (Å²) in [5.41, 5.74) is -2.99. The number of alkyl halides is 9. The van der Waals surface area contributed by atoms with Gasteiger partial charge in [0, 0.05) is 17.3 Å². The third kappa shape index (κ3) is 6.66. The summed E-state index contributed by atoms with van der Waals surface area (Å²) in [7, 11) is 1.28. The van der Waals surface area contributed by atoms with Crippen molar-refractivity contribution in [2.24, 2.45) is 0 Å². The van der Waals surface area contributed by atoms with Crippen LogP contribution < -0.4 is 4.74 Å². The van der Waals surface area contributed by atoms with Crippen molar-refractivity contribution in [1.82, 2.24) is 9.88 Å². The monoisotopic (exact) mass is 724 g/mol. The van der Waals surface area contributed by atoms with E-state index in [-0.39, 0.29) is 47.0 Å². The average molecular weight is 725 g/mol. The van der Waals surface area contributed by atoms with Gasteiger partial charge in [0.2, 0.25) is 5.88 Å². The third-order valence-electron chi connectivity index (χ3n) is 9.01. The van der Waals surface area contributed by atoms with E-state index in [4.69, 9.17) is 9.47 Å². The molecule has 2 aliphatic heterocycles. The summed E-state index contributed by atoms with van der Waals surface area (Å²) in [5.74, 6) is -1.17. The molecule has 0 aliphatic carbocycles. The van der Waals surface area contributed by atoms with Crippen LogP contribution in [0.5, 0.6) is 5.88 Å². The maximum absolute atomic E-state index is 14.1. The standard InChI is InChI=1S/C35H25F9N2O5/c1-16-9-17(31(47)48)3-5-23(16)19-12-26(30(50-2)45-15-19)24-6-4-20(33(36,37)38)14-25(24)27-7-8-28-29(51-32(49)46(27)28)18-10-21(34(39,40)41)13-22(11-18)35(42,43)44/h3-6,9-15,27-29H,7-8H2,1-2H3,(H,47,48). The van der Waals surface area contributed by atoms with Crippen molar-refractivity contribution in [3.05, 3.63) is 106 Å². The Bertz CT molecular complexity index is 2010. The minimum atomic E-state index is -5.16. The number of carboxylic acid groups (broad SMARTS) is 1. The molecule has 3 atom stereocenters. The van der Waals surface area contributed by atoms with Gasteiger partial charge in [0.15, 0.2) is 0 Å². The van der Waals surface area contributed by atoms with Gasteiger partial charge in [0.25, 0.3) is 0 Å². The number of nitrogens with zero attached hydrogens (tertiary/aromatic N) is 2. The predicted octanol–water partition coefficient (Wildman–Crippen LogP) is 9.88. The second kappa shape index (κ2) is 12.5. The first kappa shape index (κ1) is 35.5. The zero-order valence-electron chi connectivity index (χ0n) is 26.4. The molecule has 0 spiro atoms. The van der Waals surface area contributed by atoms with E-state index in [0.29, 0.717) is 28.8 Å². The minimum Gasteiger partial charge on any atom is -0.481 e. The van der Waals surface area contributed by atoms with Gasteiger partial charge in [-0.05, 0) is 96.1 Å². The molecular formula is C35H25F9N2O5. The Morgan fingerprint density at radius 2 is 1.45 bits per heavy atom. The molecule has 16 heteroatoms. The van der Waals surface area contributed by atoms with Crippen molar-refractivity contribution in [3.8, 4) is 28.1 Å². The Morgan fingerprint density at radius 3 is 2.02 bits per heavy atom. The number of cyclic esters (lactones) is 1. The van der Waals surface area contributed by atoms with E-state index in [2.05, 4.69) is 4.98 Å². The number of fused-ring (bicyclic) bond motifs is 1. The molecule has 1 aromatic heterocycles. The Hall–Kier alpha value is -5.28. The number of carboxylic acids is 1. The quantitative estimate of drug-likeness (QED) is 0.199. The Labute approximate surface area is 283 Å². The highest BCUT2D eigenvalue weighted by Gasteiger charge is 2.52. The summed E-state index contributed by atoms with van der Waals surface area (Å²) < 4.78 is 135. The summed E-state index contributed by atoms with van der Waals surface area (Å²) in [5, 5.41) is 9.36. The number of carbonyl (C=O) groups excluding carboxylic acids is 1. The Morgan fingerprint density at radius 1 is 0.824 bits per heavy atom. The van der Waals surface area contributed by atoms with Crippen molar-refractivity contribution < 1.29 is 63.7 Å². The van der Waals surface area contributed by atoms with Crippen LogP contribution in [-0.2, 0) is 23.3 Å². The number of aryl methyl sites for hydroxylation is 1. The van der Waals surface area contributed by atoms with Crippen LogP contribution in [0.3, 0.4) is 0 Å². The van der Waals surface area contributed by atoms with E-state index in [1.165, 1.54) is 25.4 Å². The van der Waals surface area contributed by atoms with Crippen LogP contribution in [0, 0.1) is 6.92 Å². The molecule has 0 saturated carbocycles. The fourth-order valence-corrected chi connectivity index (χ4v) is 6.72. The van der Waals surface area contributed by atoms with E-state index in [1.54, 1.807) is 19.1 Å². The van der Waals surface area contributed by atoms with E-state index in [0.717, 1.165) is 23.1 Å². The summed E-state index contributed by atoms with van der Waals surface area (Å²) in [6.07, 6.45) is -16.5. The highest BCUT2D eigenvalue weighted by molar-refractivity contribution is 5.89. The lowest BCUT2D eigenvalue weighted by atomic mass is 9.90. The van der Waals surface area contributed by atoms with Gasteiger partial charge in [-0.3, -0.25) is 4.90 Å². The van der Waals surface area contributed by atoms with Crippen LogP contribution in [0.25, 0.3) is 22.3 Å². The summed E-state index contributed by atoms with van der Waals surface area (Å²) in [6, 6.07) is 7.33. The van der Waals surface area contributed by atoms with Gasteiger partial charge in [-0.25, -0.2) is 14.6 Å². The maximum Gasteiger partial charge on any atom is 0.416 e. The topological polar surface area (TPSA) is 89.0 Å². The molecule has 2 fully saturated rings. The largest absolute Gasteiger partial charge is 0.481 e. The molecule has 3 heterocycles. The smallest absolute Gasteiger partial charge is 0.416 e. The van der Waals surface area contributed by atoms with Crippen molar-refractivity contribution >= 4 is 12.1 Å². The highest BCUT2D eigenvalue weighted by Crippen LogP contribution is 2.51. The number of pyridine rings is 1. The number of hydrogen-bond acceptors (Lipinski definition) is 5. The SMILES string of the molecule is COc1ncc(-c2ccc(C(=O)O)cc2C)cc1-c1ccc(C(F)(F)F)cc1C1CCC2C(c3cc(C(F)(F)F)cc(C(F)(F)F)c3)OC(=O)N12. The molecule has 4 aromatic rings. The molecule has 0 bridgehead atoms. The van der Waals surface area contributed by atoms with Crippen LogP contribution in [-0.4, -0.2) is 40.2 Å². The first-order valence-corrected chi connectivity index (χ1v) is 15.2. The van der Waals surface area contributed by atoms with Crippen LogP contribution in [0.1, 0.15) is 68.7 Å². The number of carbonyl (C=O) groups is 2. The van der Waals surface area contributed by atoms with Crippen LogP contribution >= 0.6 is 0 Å². The van der Waals surface area contributed by atoms with Crippen LogP contribution in [0.2, 0.25) is 0 Å². The van der Waals surface area contributed by atoms with Crippen molar-refractivity contribution in [3.63, 3.8) is 0 Å². The lowest BCUT2D eigenvalue weighted by molar-refractivity contribution is -0.143. The molecule has 268 valence electrons. The molecule has 2 aliphatic rings. The average Bonchev–Trinajstić information content (AvgIpc) is 3.63. The number of amides is 1. The lowest BCUT2D eigenvalue weighted by Crippen LogP contribution is -2.31. The number of rotatable bonds is 6. The predicted molar refractivity (Wildman–Crippen MR) is 162 cm³/mol.